The quantitative estimate of drug-likeness (QED) is 0.770. The van der Waals surface area contributed by atoms with Gasteiger partial charge >= 0.3 is 5.97 Å². The highest BCUT2D eigenvalue weighted by atomic mass is 16.5. The standard InChI is InChI=1S/C16H18O3/c1-3-12-10-11-19-15(12)14(16(17)18-4-2)13-8-6-5-7-9-13/h5-11,14H,3-4H2,1-2H3. The van der Waals surface area contributed by atoms with Crippen LogP contribution in [0.4, 0.5) is 0 Å². The zero-order valence-electron chi connectivity index (χ0n) is 11.3. The number of rotatable bonds is 5. The average Bonchev–Trinajstić information content (AvgIpc) is 2.89. The first kappa shape index (κ1) is 13.4. The summed E-state index contributed by atoms with van der Waals surface area (Å²) < 4.78 is 10.7. The number of carbonyl (C=O) groups excluding carboxylic acids is 1. The number of hydrogen-bond acceptors (Lipinski definition) is 3. The molecule has 3 heteroatoms. The molecule has 0 aliphatic heterocycles. The van der Waals surface area contributed by atoms with E-state index in [-0.39, 0.29) is 5.97 Å². The van der Waals surface area contributed by atoms with Crippen LogP contribution in [0.15, 0.2) is 47.1 Å². The Kier molecular flexibility index (Phi) is 4.39. The van der Waals surface area contributed by atoms with Gasteiger partial charge in [-0.15, -0.1) is 0 Å². The predicted octanol–water partition coefficient (Wildman–Crippen LogP) is 3.54. The molecule has 1 aromatic carbocycles. The van der Waals surface area contributed by atoms with E-state index < -0.39 is 5.92 Å². The Bertz CT molecular complexity index is 528. The molecule has 0 amide bonds. The van der Waals surface area contributed by atoms with Gasteiger partial charge in [-0.25, -0.2) is 0 Å². The molecule has 1 atom stereocenters. The van der Waals surface area contributed by atoms with Crippen molar-refractivity contribution in [2.24, 2.45) is 0 Å². The molecule has 1 aromatic heterocycles. The maximum atomic E-state index is 12.2. The summed E-state index contributed by atoms with van der Waals surface area (Å²) in [6.07, 6.45) is 2.46. The lowest BCUT2D eigenvalue weighted by Crippen LogP contribution is -2.17. The number of aryl methyl sites for hydroxylation is 1. The number of furan rings is 1. The van der Waals surface area contributed by atoms with Crippen molar-refractivity contribution in [3.05, 3.63) is 59.5 Å². The number of benzene rings is 1. The van der Waals surface area contributed by atoms with Gasteiger partial charge in [-0.05, 0) is 30.5 Å². The van der Waals surface area contributed by atoms with Crippen LogP contribution in [0.3, 0.4) is 0 Å². The Hall–Kier alpha value is -2.03. The third-order valence-corrected chi connectivity index (χ3v) is 3.08. The third kappa shape index (κ3) is 2.87. The molecule has 0 saturated carbocycles. The predicted molar refractivity (Wildman–Crippen MR) is 73.0 cm³/mol. The molecular formula is C16H18O3. The van der Waals surface area contributed by atoms with Crippen LogP contribution in [0.1, 0.15) is 36.7 Å². The normalized spacial score (nSPS) is 12.1. The van der Waals surface area contributed by atoms with E-state index in [1.807, 2.05) is 50.2 Å². The Morgan fingerprint density at radius 2 is 1.95 bits per heavy atom. The maximum absolute atomic E-state index is 12.2. The summed E-state index contributed by atoms with van der Waals surface area (Å²) in [5.41, 5.74) is 1.94. The first-order chi connectivity index (χ1) is 9.27. The lowest BCUT2D eigenvalue weighted by Gasteiger charge is -2.15. The molecule has 2 aromatic rings. The highest BCUT2D eigenvalue weighted by molar-refractivity contribution is 5.81. The summed E-state index contributed by atoms with van der Waals surface area (Å²) in [7, 11) is 0. The summed E-state index contributed by atoms with van der Waals surface area (Å²) in [5.74, 6) is -0.0587. The van der Waals surface area contributed by atoms with Gasteiger partial charge in [0, 0.05) is 0 Å². The Morgan fingerprint density at radius 3 is 2.58 bits per heavy atom. The van der Waals surface area contributed by atoms with E-state index in [4.69, 9.17) is 9.15 Å². The van der Waals surface area contributed by atoms with Crippen LogP contribution in [0.2, 0.25) is 0 Å². The van der Waals surface area contributed by atoms with Crippen molar-refractivity contribution in [1.82, 2.24) is 0 Å². The summed E-state index contributed by atoms with van der Waals surface area (Å²) in [5, 5.41) is 0. The first-order valence-corrected chi connectivity index (χ1v) is 6.55. The van der Waals surface area contributed by atoms with Crippen LogP contribution in [-0.2, 0) is 16.0 Å². The second-order valence-corrected chi connectivity index (χ2v) is 4.26. The molecule has 3 nitrogen and oxygen atoms in total. The number of carbonyl (C=O) groups is 1. The van der Waals surface area contributed by atoms with Crippen molar-refractivity contribution in [2.75, 3.05) is 6.61 Å². The highest BCUT2D eigenvalue weighted by Crippen LogP contribution is 2.29. The molecular weight excluding hydrogens is 240 g/mol. The SMILES string of the molecule is CCOC(=O)C(c1ccccc1)c1occc1CC. The van der Waals surface area contributed by atoms with Gasteiger partial charge in [0.1, 0.15) is 11.7 Å². The molecule has 19 heavy (non-hydrogen) atoms. The molecule has 0 radical (unpaired) electrons. The number of hydrogen-bond donors (Lipinski definition) is 0. The summed E-state index contributed by atoms with van der Waals surface area (Å²) in [6.45, 7) is 4.22. The minimum atomic E-state index is -0.480. The Morgan fingerprint density at radius 1 is 1.21 bits per heavy atom. The maximum Gasteiger partial charge on any atom is 0.321 e. The minimum absolute atomic E-state index is 0.265. The van der Waals surface area contributed by atoms with Gasteiger partial charge in [-0.1, -0.05) is 37.3 Å². The van der Waals surface area contributed by atoms with Gasteiger partial charge in [-0.2, -0.15) is 0 Å². The summed E-state index contributed by atoms with van der Waals surface area (Å²) in [6, 6.07) is 11.5. The lowest BCUT2D eigenvalue weighted by molar-refractivity contribution is -0.144. The van der Waals surface area contributed by atoms with E-state index in [1.54, 1.807) is 6.26 Å². The summed E-state index contributed by atoms with van der Waals surface area (Å²) >= 11 is 0. The fourth-order valence-electron chi connectivity index (χ4n) is 2.16. The van der Waals surface area contributed by atoms with Crippen LogP contribution in [0.5, 0.6) is 0 Å². The fourth-order valence-corrected chi connectivity index (χ4v) is 2.16. The van der Waals surface area contributed by atoms with Crippen molar-refractivity contribution >= 4 is 5.97 Å². The van der Waals surface area contributed by atoms with Crippen LogP contribution in [0.25, 0.3) is 0 Å². The smallest absolute Gasteiger partial charge is 0.321 e. The van der Waals surface area contributed by atoms with E-state index in [1.165, 1.54) is 0 Å². The zero-order chi connectivity index (χ0) is 13.7. The largest absolute Gasteiger partial charge is 0.468 e. The Balaban J connectivity index is 2.43. The molecule has 0 saturated heterocycles. The second-order valence-electron chi connectivity index (χ2n) is 4.26. The van der Waals surface area contributed by atoms with Crippen LogP contribution in [0, 0.1) is 0 Å². The molecule has 0 aliphatic rings. The topological polar surface area (TPSA) is 39.4 Å². The molecule has 0 bridgehead atoms. The monoisotopic (exact) mass is 258 g/mol. The van der Waals surface area contributed by atoms with E-state index in [0.717, 1.165) is 17.5 Å². The van der Waals surface area contributed by atoms with E-state index in [2.05, 4.69) is 0 Å². The molecule has 1 heterocycles. The zero-order valence-corrected chi connectivity index (χ0v) is 11.3. The summed E-state index contributed by atoms with van der Waals surface area (Å²) in [4.78, 5) is 12.2. The van der Waals surface area contributed by atoms with Gasteiger partial charge in [0.25, 0.3) is 0 Å². The average molecular weight is 258 g/mol. The van der Waals surface area contributed by atoms with E-state index >= 15 is 0 Å². The molecule has 100 valence electrons. The molecule has 0 aliphatic carbocycles. The van der Waals surface area contributed by atoms with Crippen molar-refractivity contribution in [2.45, 2.75) is 26.2 Å². The molecule has 1 unspecified atom stereocenters. The van der Waals surface area contributed by atoms with E-state index in [0.29, 0.717) is 12.4 Å². The third-order valence-electron chi connectivity index (χ3n) is 3.08. The van der Waals surface area contributed by atoms with Gasteiger partial charge in [0.2, 0.25) is 0 Å². The fraction of sp³-hybridized carbons (Fsp3) is 0.312. The molecule has 0 N–H and O–H groups in total. The van der Waals surface area contributed by atoms with Crippen molar-refractivity contribution < 1.29 is 13.9 Å². The van der Waals surface area contributed by atoms with Crippen LogP contribution in [-0.4, -0.2) is 12.6 Å². The van der Waals surface area contributed by atoms with Crippen molar-refractivity contribution in [3.63, 3.8) is 0 Å². The second kappa shape index (κ2) is 6.23. The molecule has 0 fully saturated rings. The molecule has 2 rings (SSSR count). The number of esters is 1. The minimum Gasteiger partial charge on any atom is -0.468 e. The van der Waals surface area contributed by atoms with Gasteiger partial charge in [-0.3, -0.25) is 4.79 Å². The Labute approximate surface area is 113 Å². The number of ether oxygens (including phenoxy) is 1. The first-order valence-electron chi connectivity index (χ1n) is 6.55. The van der Waals surface area contributed by atoms with E-state index in [9.17, 15) is 4.79 Å². The van der Waals surface area contributed by atoms with Crippen LogP contribution < -0.4 is 0 Å². The molecule has 0 spiro atoms. The lowest BCUT2D eigenvalue weighted by atomic mass is 9.93. The van der Waals surface area contributed by atoms with Crippen LogP contribution >= 0.6 is 0 Å². The van der Waals surface area contributed by atoms with Gasteiger partial charge in [0.15, 0.2) is 0 Å². The van der Waals surface area contributed by atoms with Gasteiger partial charge < -0.3 is 9.15 Å². The van der Waals surface area contributed by atoms with Gasteiger partial charge in [0.05, 0.1) is 12.9 Å². The highest BCUT2D eigenvalue weighted by Gasteiger charge is 2.28. The van der Waals surface area contributed by atoms with Crippen molar-refractivity contribution in [1.29, 1.82) is 0 Å². The van der Waals surface area contributed by atoms with Crippen molar-refractivity contribution in [3.8, 4) is 0 Å².